The number of anilines is 4. The largest absolute Gasteiger partial charge is 0.444 e. The molecule has 0 radical (unpaired) electrons. The number of fused-ring (bicyclic) bond motifs is 1. The summed E-state index contributed by atoms with van der Waals surface area (Å²) in [6, 6.07) is 11.2. The molecule has 2 aromatic heterocycles. The number of rotatable bonds is 8. The van der Waals surface area contributed by atoms with Crippen molar-refractivity contribution in [2.24, 2.45) is 0 Å². The van der Waals surface area contributed by atoms with Crippen molar-refractivity contribution >= 4 is 35.3 Å². The standard InChI is InChI=1S/C32H41N7O4/c1-9-15-33-27(40)22-17-34-28(38-26(22)37-25-12-10-11-24(36-25)32(7,8)42)35-21-13-14-23-20(16-21)18-39(19-31(23,5)6)29(41)43-30(2,3)4/h9-14,16-17,42H,1,15,18-19H2,2-8H3,(H,33,40)(H2,34,35,36,37,38). The van der Waals surface area contributed by atoms with E-state index in [0.717, 1.165) is 16.8 Å². The van der Waals surface area contributed by atoms with Crippen molar-refractivity contribution in [3.63, 3.8) is 0 Å². The average Bonchev–Trinajstić information content (AvgIpc) is 2.90. The number of nitrogens with one attached hydrogen (secondary N) is 3. The van der Waals surface area contributed by atoms with Crippen molar-refractivity contribution in [2.45, 2.75) is 71.6 Å². The van der Waals surface area contributed by atoms with Crippen molar-refractivity contribution in [3.8, 4) is 0 Å². The number of aromatic nitrogens is 3. The lowest BCUT2D eigenvalue weighted by atomic mass is 9.78. The SMILES string of the molecule is C=CCNC(=O)c1cnc(Nc2ccc3c(c2)CN(C(=O)OC(C)(C)C)CC3(C)C)nc1Nc1cccc(C(C)(C)O)n1. The summed E-state index contributed by atoms with van der Waals surface area (Å²) < 4.78 is 5.64. The van der Waals surface area contributed by atoms with Crippen LogP contribution in [0.2, 0.25) is 0 Å². The topological polar surface area (TPSA) is 142 Å². The molecule has 11 nitrogen and oxygen atoms in total. The number of benzene rings is 1. The Hall–Kier alpha value is -4.51. The van der Waals surface area contributed by atoms with E-state index in [0.29, 0.717) is 24.6 Å². The third kappa shape index (κ3) is 7.86. The Morgan fingerprint density at radius 1 is 1.12 bits per heavy atom. The van der Waals surface area contributed by atoms with Gasteiger partial charge in [-0.25, -0.2) is 14.8 Å². The van der Waals surface area contributed by atoms with E-state index in [1.54, 1.807) is 43.0 Å². The summed E-state index contributed by atoms with van der Waals surface area (Å²) in [5.74, 6) is 0.501. The van der Waals surface area contributed by atoms with Gasteiger partial charge in [0.25, 0.3) is 5.91 Å². The van der Waals surface area contributed by atoms with E-state index < -0.39 is 11.2 Å². The zero-order valence-corrected chi connectivity index (χ0v) is 25.9. The van der Waals surface area contributed by atoms with Gasteiger partial charge in [-0.3, -0.25) is 4.79 Å². The van der Waals surface area contributed by atoms with Crippen LogP contribution in [0.1, 0.15) is 75.6 Å². The number of ether oxygens (including phenoxy) is 1. The molecule has 0 saturated carbocycles. The van der Waals surface area contributed by atoms with E-state index in [1.807, 2.05) is 39.0 Å². The van der Waals surface area contributed by atoms with Crippen LogP contribution in [0.15, 0.2) is 55.3 Å². The van der Waals surface area contributed by atoms with Crippen LogP contribution in [-0.4, -0.2) is 55.6 Å². The zero-order chi connectivity index (χ0) is 31.6. The number of amides is 2. The molecular formula is C32H41N7O4. The van der Waals surface area contributed by atoms with Crippen LogP contribution < -0.4 is 16.0 Å². The first-order chi connectivity index (χ1) is 20.1. The monoisotopic (exact) mass is 587 g/mol. The third-order valence-corrected chi connectivity index (χ3v) is 6.75. The molecule has 3 aromatic rings. The van der Waals surface area contributed by atoms with Crippen molar-refractivity contribution in [1.29, 1.82) is 0 Å². The molecule has 3 heterocycles. The lowest BCUT2D eigenvalue weighted by Crippen LogP contribution is -2.46. The summed E-state index contributed by atoms with van der Waals surface area (Å²) >= 11 is 0. The van der Waals surface area contributed by atoms with E-state index in [-0.39, 0.29) is 41.3 Å². The number of carbonyl (C=O) groups is 2. The summed E-state index contributed by atoms with van der Waals surface area (Å²) in [6.45, 7) is 17.9. The van der Waals surface area contributed by atoms with Crippen molar-refractivity contribution in [3.05, 3.63) is 77.6 Å². The molecule has 2 amide bonds. The Kier molecular flexibility index (Phi) is 8.77. The Morgan fingerprint density at radius 2 is 1.86 bits per heavy atom. The predicted octanol–water partition coefficient (Wildman–Crippen LogP) is 5.53. The normalized spacial score (nSPS) is 14.4. The maximum atomic E-state index is 12.9. The minimum absolute atomic E-state index is 0.211. The molecule has 0 spiro atoms. The molecule has 228 valence electrons. The molecule has 1 aliphatic heterocycles. The first-order valence-electron chi connectivity index (χ1n) is 14.2. The molecule has 4 N–H and O–H groups in total. The summed E-state index contributed by atoms with van der Waals surface area (Å²) in [7, 11) is 0. The molecule has 43 heavy (non-hydrogen) atoms. The Morgan fingerprint density at radius 3 is 2.53 bits per heavy atom. The predicted molar refractivity (Wildman–Crippen MR) is 167 cm³/mol. The molecule has 0 aliphatic carbocycles. The van der Waals surface area contributed by atoms with Gasteiger partial charge in [0, 0.05) is 36.9 Å². The van der Waals surface area contributed by atoms with Crippen LogP contribution in [0.4, 0.5) is 28.1 Å². The lowest BCUT2D eigenvalue weighted by Gasteiger charge is -2.40. The van der Waals surface area contributed by atoms with E-state index in [1.165, 1.54) is 6.20 Å². The van der Waals surface area contributed by atoms with Crippen molar-refractivity contribution in [1.82, 2.24) is 25.2 Å². The van der Waals surface area contributed by atoms with Crippen molar-refractivity contribution < 1.29 is 19.4 Å². The van der Waals surface area contributed by atoms with Crippen LogP contribution >= 0.6 is 0 Å². The van der Waals surface area contributed by atoms with Gasteiger partial charge in [0.15, 0.2) is 0 Å². The minimum Gasteiger partial charge on any atom is -0.444 e. The van der Waals surface area contributed by atoms with E-state index in [4.69, 9.17) is 4.74 Å². The van der Waals surface area contributed by atoms with Gasteiger partial charge in [-0.05, 0) is 70.0 Å². The minimum atomic E-state index is -1.15. The van der Waals surface area contributed by atoms with Gasteiger partial charge >= 0.3 is 6.09 Å². The van der Waals surface area contributed by atoms with Gasteiger partial charge in [-0.1, -0.05) is 32.1 Å². The van der Waals surface area contributed by atoms with Gasteiger partial charge in [0.05, 0.1) is 5.69 Å². The highest BCUT2D eigenvalue weighted by atomic mass is 16.6. The van der Waals surface area contributed by atoms with Crippen molar-refractivity contribution in [2.75, 3.05) is 23.7 Å². The number of nitrogens with zero attached hydrogens (tertiary/aromatic N) is 4. The lowest BCUT2D eigenvalue weighted by molar-refractivity contribution is 0.0174. The van der Waals surface area contributed by atoms with Crippen LogP contribution in [0.3, 0.4) is 0 Å². The number of carbonyl (C=O) groups excluding carboxylic acids is 2. The highest BCUT2D eigenvalue weighted by molar-refractivity contribution is 5.99. The number of hydrogen-bond donors (Lipinski definition) is 4. The van der Waals surface area contributed by atoms with Crippen LogP contribution in [0.5, 0.6) is 0 Å². The summed E-state index contributed by atoms with van der Waals surface area (Å²) in [5, 5.41) is 19.5. The molecule has 0 fully saturated rings. The summed E-state index contributed by atoms with van der Waals surface area (Å²) in [5.41, 5.74) is 1.50. The number of aliphatic hydroxyl groups is 1. The van der Waals surface area contributed by atoms with Gasteiger partial charge in [0.1, 0.15) is 28.4 Å². The smallest absolute Gasteiger partial charge is 0.410 e. The van der Waals surface area contributed by atoms with E-state index in [2.05, 4.69) is 51.3 Å². The molecule has 1 aliphatic rings. The maximum absolute atomic E-state index is 12.9. The Labute approximate surface area is 252 Å². The highest BCUT2D eigenvalue weighted by Gasteiger charge is 2.35. The molecule has 0 saturated heterocycles. The Balaban J connectivity index is 1.64. The summed E-state index contributed by atoms with van der Waals surface area (Å²) in [4.78, 5) is 41.0. The second-order valence-corrected chi connectivity index (χ2v) is 12.8. The van der Waals surface area contributed by atoms with Crippen LogP contribution in [0.25, 0.3) is 0 Å². The average molecular weight is 588 g/mol. The fraction of sp³-hybridized carbons (Fsp3) is 0.406. The summed E-state index contributed by atoms with van der Waals surface area (Å²) in [6.07, 6.45) is 2.66. The van der Waals surface area contributed by atoms with E-state index in [9.17, 15) is 14.7 Å². The fourth-order valence-electron chi connectivity index (χ4n) is 4.80. The Bertz CT molecular complexity index is 1520. The zero-order valence-electron chi connectivity index (χ0n) is 25.9. The molecule has 0 unspecified atom stereocenters. The molecular weight excluding hydrogens is 546 g/mol. The van der Waals surface area contributed by atoms with Gasteiger partial charge in [-0.2, -0.15) is 4.98 Å². The van der Waals surface area contributed by atoms with Gasteiger partial charge in [0.2, 0.25) is 5.95 Å². The van der Waals surface area contributed by atoms with Gasteiger partial charge < -0.3 is 30.7 Å². The number of hydrogen-bond acceptors (Lipinski definition) is 9. The number of pyridine rings is 1. The first-order valence-corrected chi connectivity index (χ1v) is 14.2. The highest BCUT2D eigenvalue weighted by Crippen LogP contribution is 2.36. The first kappa shape index (κ1) is 31.4. The molecule has 11 heteroatoms. The fourth-order valence-corrected chi connectivity index (χ4v) is 4.80. The molecule has 0 atom stereocenters. The van der Waals surface area contributed by atoms with Crippen LogP contribution in [-0.2, 0) is 22.3 Å². The quantitative estimate of drug-likeness (QED) is 0.250. The molecule has 4 rings (SSSR count). The molecule has 0 bridgehead atoms. The second kappa shape index (κ2) is 12.0. The third-order valence-electron chi connectivity index (χ3n) is 6.75. The second-order valence-electron chi connectivity index (χ2n) is 12.8. The molecule has 1 aromatic carbocycles. The van der Waals surface area contributed by atoms with Crippen LogP contribution in [0, 0.1) is 0 Å². The maximum Gasteiger partial charge on any atom is 0.410 e. The van der Waals surface area contributed by atoms with E-state index >= 15 is 0 Å². The van der Waals surface area contributed by atoms with Gasteiger partial charge in [-0.15, -0.1) is 6.58 Å².